The molecular weight excluding hydrogens is 240 g/mol. The highest BCUT2D eigenvalue weighted by Gasteiger charge is 2.28. The van der Waals surface area contributed by atoms with Crippen molar-refractivity contribution in [3.8, 4) is 0 Å². The molecule has 2 aliphatic rings. The van der Waals surface area contributed by atoms with Crippen LogP contribution in [0.4, 0.5) is 5.95 Å². The molecule has 1 aliphatic carbocycles. The normalized spacial score (nSPS) is 24.4. The Labute approximate surface area is 114 Å². The SMILES string of the molecule is CN1CCO[C@H](CN(CC2CC2)c2ncccn2)C1. The molecule has 0 radical (unpaired) electrons. The minimum absolute atomic E-state index is 0.265. The van der Waals surface area contributed by atoms with Crippen LogP contribution in [0.25, 0.3) is 0 Å². The quantitative estimate of drug-likeness (QED) is 0.792. The lowest BCUT2D eigenvalue weighted by atomic mass is 10.2. The van der Waals surface area contributed by atoms with E-state index in [1.54, 1.807) is 0 Å². The zero-order chi connectivity index (χ0) is 13.1. The van der Waals surface area contributed by atoms with Crippen LogP contribution in [0.15, 0.2) is 18.5 Å². The molecule has 1 saturated carbocycles. The highest BCUT2D eigenvalue weighted by molar-refractivity contribution is 5.29. The lowest BCUT2D eigenvalue weighted by Crippen LogP contribution is -2.47. The van der Waals surface area contributed by atoms with Crippen LogP contribution in [-0.4, -0.2) is 60.8 Å². The maximum Gasteiger partial charge on any atom is 0.225 e. The third-order valence-electron chi connectivity index (χ3n) is 3.78. The number of hydrogen-bond donors (Lipinski definition) is 0. The predicted octanol–water partition coefficient (Wildman–Crippen LogP) is 1.02. The molecule has 2 fully saturated rings. The van der Waals surface area contributed by atoms with E-state index in [9.17, 15) is 0 Å². The second kappa shape index (κ2) is 5.84. The molecule has 3 rings (SSSR count). The third-order valence-corrected chi connectivity index (χ3v) is 3.78. The standard InChI is InChI=1S/C14H22N4O/c1-17-7-8-19-13(10-17)11-18(9-12-3-4-12)14-15-5-2-6-16-14/h2,5-6,12-13H,3-4,7-11H2,1H3/t13-/m0/s1. The maximum atomic E-state index is 5.86. The Bertz CT molecular complexity index is 396. The van der Waals surface area contributed by atoms with Crippen molar-refractivity contribution in [2.75, 3.05) is 44.7 Å². The summed E-state index contributed by atoms with van der Waals surface area (Å²) in [5, 5.41) is 0. The van der Waals surface area contributed by atoms with Crippen molar-refractivity contribution >= 4 is 5.95 Å². The number of morpholine rings is 1. The van der Waals surface area contributed by atoms with E-state index in [1.807, 2.05) is 18.5 Å². The second-order valence-electron chi connectivity index (χ2n) is 5.65. The van der Waals surface area contributed by atoms with Crippen LogP contribution in [0.2, 0.25) is 0 Å². The molecule has 5 heteroatoms. The molecule has 2 heterocycles. The molecule has 1 atom stereocenters. The molecule has 0 bridgehead atoms. The summed E-state index contributed by atoms with van der Waals surface area (Å²) in [6, 6.07) is 1.86. The van der Waals surface area contributed by atoms with E-state index >= 15 is 0 Å². The van der Waals surface area contributed by atoms with E-state index in [0.29, 0.717) is 0 Å². The molecule has 1 aromatic rings. The molecule has 1 saturated heterocycles. The number of hydrogen-bond acceptors (Lipinski definition) is 5. The van der Waals surface area contributed by atoms with Crippen LogP contribution >= 0.6 is 0 Å². The summed E-state index contributed by atoms with van der Waals surface area (Å²) in [5.74, 6) is 1.66. The van der Waals surface area contributed by atoms with Crippen LogP contribution < -0.4 is 4.90 Å². The number of rotatable bonds is 5. The third kappa shape index (κ3) is 3.64. The van der Waals surface area contributed by atoms with Crippen molar-refractivity contribution in [3.05, 3.63) is 18.5 Å². The van der Waals surface area contributed by atoms with Crippen LogP contribution in [0.3, 0.4) is 0 Å². The minimum Gasteiger partial charge on any atom is -0.374 e. The molecule has 0 spiro atoms. The zero-order valence-corrected chi connectivity index (χ0v) is 11.5. The van der Waals surface area contributed by atoms with E-state index < -0.39 is 0 Å². The Hall–Kier alpha value is -1.20. The Morgan fingerprint density at radius 1 is 1.32 bits per heavy atom. The molecule has 0 amide bonds. The van der Waals surface area contributed by atoms with E-state index in [0.717, 1.165) is 44.7 Å². The van der Waals surface area contributed by atoms with Crippen molar-refractivity contribution in [2.24, 2.45) is 5.92 Å². The van der Waals surface area contributed by atoms with Gasteiger partial charge in [0.1, 0.15) is 0 Å². The number of anilines is 1. The van der Waals surface area contributed by atoms with Crippen LogP contribution in [-0.2, 0) is 4.74 Å². The first-order chi connectivity index (χ1) is 9.31. The number of likely N-dealkylation sites (N-methyl/N-ethyl adjacent to an activating group) is 1. The van der Waals surface area contributed by atoms with Crippen molar-refractivity contribution in [1.29, 1.82) is 0 Å². The van der Waals surface area contributed by atoms with Gasteiger partial charge in [-0.05, 0) is 31.9 Å². The van der Waals surface area contributed by atoms with Crippen LogP contribution in [0.5, 0.6) is 0 Å². The smallest absolute Gasteiger partial charge is 0.225 e. The van der Waals surface area contributed by atoms with Gasteiger partial charge >= 0.3 is 0 Å². The van der Waals surface area contributed by atoms with Gasteiger partial charge in [-0.3, -0.25) is 0 Å². The van der Waals surface area contributed by atoms with Crippen molar-refractivity contribution in [2.45, 2.75) is 18.9 Å². The van der Waals surface area contributed by atoms with E-state index in [4.69, 9.17) is 4.74 Å². The van der Waals surface area contributed by atoms with Crippen molar-refractivity contribution in [3.63, 3.8) is 0 Å². The van der Waals surface area contributed by atoms with Crippen LogP contribution in [0, 0.1) is 5.92 Å². The molecule has 104 valence electrons. The van der Waals surface area contributed by atoms with Gasteiger partial charge in [0, 0.05) is 38.6 Å². The molecular formula is C14H22N4O. The minimum atomic E-state index is 0.265. The van der Waals surface area contributed by atoms with Gasteiger partial charge in [-0.2, -0.15) is 0 Å². The topological polar surface area (TPSA) is 41.5 Å². The van der Waals surface area contributed by atoms with Gasteiger partial charge in [0.25, 0.3) is 0 Å². The van der Waals surface area contributed by atoms with Crippen LogP contribution in [0.1, 0.15) is 12.8 Å². The Balaban J connectivity index is 1.64. The molecule has 0 unspecified atom stereocenters. The molecule has 0 aromatic carbocycles. The summed E-state index contributed by atoms with van der Waals surface area (Å²) >= 11 is 0. The first-order valence-corrected chi connectivity index (χ1v) is 7.13. The second-order valence-corrected chi connectivity index (χ2v) is 5.65. The number of ether oxygens (including phenoxy) is 1. The zero-order valence-electron chi connectivity index (χ0n) is 11.5. The van der Waals surface area contributed by atoms with Gasteiger partial charge in [-0.25, -0.2) is 9.97 Å². The highest BCUT2D eigenvalue weighted by Crippen LogP contribution is 2.30. The monoisotopic (exact) mass is 262 g/mol. The Morgan fingerprint density at radius 2 is 2.11 bits per heavy atom. The Kier molecular flexibility index (Phi) is 3.94. The maximum absolute atomic E-state index is 5.86. The predicted molar refractivity (Wildman–Crippen MR) is 74.2 cm³/mol. The fraction of sp³-hybridized carbons (Fsp3) is 0.714. The van der Waals surface area contributed by atoms with Crippen molar-refractivity contribution < 1.29 is 4.74 Å². The van der Waals surface area contributed by atoms with Gasteiger partial charge in [0.2, 0.25) is 5.95 Å². The molecule has 19 heavy (non-hydrogen) atoms. The summed E-state index contributed by atoms with van der Waals surface area (Å²) < 4.78 is 5.86. The highest BCUT2D eigenvalue weighted by atomic mass is 16.5. The van der Waals surface area contributed by atoms with Gasteiger partial charge in [0.15, 0.2) is 0 Å². The summed E-state index contributed by atoms with van der Waals surface area (Å²) in [6.45, 7) is 4.81. The largest absolute Gasteiger partial charge is 0.374 e. The first-order valence-electron chi connectivity index (χ1n) is 7.13. The lowest BCUT2D eigenvalue weighted by molar-refractivity contribution is -0.0149. The summed E-state index contributed by atoms with van der Waals surface area (Å²) in [5.41, 5.74) is 0. The number of nitrogens with zero attached hydrogens (tertiary/aromatic N) is 4. The summed E-state index contributed by atoms with van der Waals surface area (Å²) in [6.07, 6.45) is 6.58. The fourth-order valence-corrected chi connectivity index (χ4v) is 2.53. The summed E-state index contributed by atoms with van der Waals surface area (Å²) in [4.78, 5) is 13.4. The van der Waals surface area contributed by atoms with Gasteiger partial charge < -0.3 is 14.5 Å². The Morgan fingerprint density at radius 3 is 2.79 bits per heavy atom. The van der Waals surface area contributed by atoms with Gasteiger partial charge in [-0.15, -0.1) is 0 Å². The molecule has 1 aliphatic heterocycles. The first kappa shape index (κ1) is 12.8. The molecule has 1 aromatic heterocycles. The van der Waals surface area contributed by atoms with Gasteiger partial charge in [-0.1, -0.05) is 0 Å². The van der Waals surface area contributed by atoms with E-state index in [1.165, 1.54) is 12.8 Å². The van der Waals surface area contributed by atoms with E-state index in [-0.39, 0.29) is 6.10 Å². The van der Waals surface area contributed by atoms with E-state index in [2.05, 4.69) is 26.8 Å². The van der Waals surface area contributed by atoms with Crippen molar-refractivity contribution in [1.82, 2.24) is 14.9 Å². The lowest BCUT2D eigenvalue weighted by Gasteiger charge is -2.34. The number of aromatic nitrogens is 2. The average Bonchev–Trinajstić information content (AvgIpc) is 3.23. The van der Waals surface area contributed by atoms with Gasteiger partial charge in [0.05, 0.1) is 12.7 Å². The molecule has 5 nitrogen and oxygen atoms in total. The molecule has 0 N–H and O–H groups in total. The fourth-order valence-electron chi connectivity index (χ4n) is 2.53. The average molecular weight is 262 g/mol. The summed E-state index contributed by atoms with van der Waals surface area (Å²) in [7, 11) is 2.15.